The Balaban J connectivity index is 2.39. The number of benzene rings is 1. The molecule has 2 nitrogen and oxygen atoms in total. The molecule has 1 N–H and O–H groups in total. The van der Waals surface area contributed by atoms with E-state index < -0.39 is 0 Å². The molecule has 0 spiro atoms. The van der Waals surface area contributed by atoms with E-state index in [1.54, 1.807) is 0 Å². The molecule has 1 aromatic carbocycles. The molecule has 0 radical (unpaired) electrons. The molecule has 19 heavy (non-hydrogen) atoms. The molecule has 0 aliphatic heterocycles. The van der Waals surface area contributed by atoms with Gasteiger partial charge in [0.25, 0.3) is 0 Å². The van der Waals surface area contributed by atoms with Gasteiger partial charge in [-0.3, -0.25) is 0 Å². The molecular formula is C17H26N2. The van der Waals surface area contributed by atoms with E-state index in [1.807, 2.05) is 0 Å². The summed E-state index contributed by atoms with van der Waals surface area (Å²) in [5, 5.41) is 4.85. The fourth-order valence-corrected chi connectivity index (χ4v) is 2.92. The van der Waals surface area contributed by atoms with Crippen LogP contribution in [0.5, 0.6) is 0 Å². The highest BCUT2D eigenvalue weighted by molar-refractivity contribution is 5.89. The summed E-state index contributed by atoms with van der Waals surface area (Å²) in [4.78, 5) is 0. The normalized spacial score (nSPS) is 11.4. The number of fused-ring (bicyclic) bond motifs is 1. The van der Waals surface area contributed by atoms with Crippen LogP contribution in [0.1, 0.15) is 35.7 Å². The van der Waals surface area contributed by atoms with Crippen molar-refractivity contribution < 1.29 is 0 Å². The summed E-state index contributed by atoms with van der Waals surface area (Å²) in [6.45, 7) is 11.0. The Kier molecular flexibility index (Phi) is 4.31. The molecule has 0 saturated heterocycles. The van der Waals surface area contributed by atoms with Gasteiger partial charge in [0.1, 0.15) is 0 Å². The summed E-state index contributed by atoms with van der Waals surface area (Å²) >= 11 is 0. The second kappa shape index (κ2) is 5.79. The predicted molar refractivity (Wildman–Crippen MR) is 84.0 cm³/mol. The van der Waals surface area contributed by atoms with Gasteiger partial charge in [0.05, 0.1) is 5.52 Å². The highest BCUT2D eigenvalue weighted by Gasteiger charge is 2.13. The average molecular weight is 258 g/mol. The zero-order valence-corrected chi connectivity index (χ0v) is 12.9. The smallest absolute Gasteiger partial charge is 0.0515 e. The van der Waals surface area contributed by atoms with E-state index in [2.05, 4.69) is 56.8 Å². The van der Waals surface area contributed by atoms with E-state index in [-0.39, 0.29) is 0 Å². The Morgan fingerprint density at radius 2 is 1.89 bits per heavy atom. The fraction of sp³-hybridized carbons (Fsp3) is 0.529. The van der Waals surface area contributed by atoms with Crippen LogP contribution in [-0.4, -0.2) is 17.7 Å². The third kappa shape index (κ3) is 2.55. The SMILES string of the molecule is CCNCCCc1c(C)n(C)c2c(C)c(C)ccc12. The second-order valence-corrected chi connectivity index (χ2v) is 5.48. The Bertz CT molecular complexity index is 579. The molecule has 0 unspecified atom stereocenters. The molecule has 0 aliphatic carbocycles. The number of nitrogens with one attached hydrogen (secondary N) is 1. The lowest BCUT2D eigenvalue weighted by atomic mass is 10.0. The molecule has 0 saturated carbocycles. The van der Waals surface area contributed by atoms with Crippen LogP contribution >= 0.6 is 0 Å². The Morgan fingerprint density at radius 3 is 2.58 bits per heavy atom. The van der Waals surface area contributed by atoms with E-state index in [4.69, 9.17) is 0 Å². The van der Waals surface area contributed by atoms with Crippen molar-refractivity contribution in [1.82, 2.24) is 9.88 Å². The van der Waals surface area contributed by atoms with E-state index in [0.717, 1.165) is 13.1 Å². The van der Waals surface area contributed by atoms with Crippen molar-refractivity contribution in [3.63, 3.8) is 0 Å². The maximum atomic E-state index is 3.41. The second-order valence-electron chi connectivity index (χ2n) is 5.48. The lowest BCUT2D eigenvalue weighted by Gasteiger charge is -2.05. The maximum Gasteiger partial charge on any atom is 0.0515 e. The molecule has 0 amide bonds. The summed E-state index contributed by atoms with van der Waals surface area (Å²) in [6, 6.07) is 4.55. The molecule has 1 heterocycles. The lowest BCUT2D eigenvalue weighted by molar-refractivity contribution is 0.671. The van der Waals surface area contributed by atoms with Crippen LogP contribution in [0.25, 0.3) is 10.9 Å². The van der Waals surface area contributed by atoms with Gasteiger partial charge in [0.15, 0.2) is 0 Å². The summed E-state index contributed by atoms with van der Waals surface area (Å²) in [6.07, 6.45) is 2.37. The van der Waals surface area contributed by atoms with Crippen molar-refractivity contribution in [2.45, 2.75) is 40.5 Å². The topological polar surface area (TPSA) is 17.0 Å². The van der Waals surface area contributed by atoms with Crippen molar-refractivity contribution >= 4 is 10.9 Å². The number of hydrogen-bond donors (Lipinski definition) is 1. The van der Waals surface area contributed by atoms with Crippen LogP contribution in [0.15, 0.2) is 12.1 Å². The Hall–Kier alpha value is -1.28. The molecule has 0 bridgehead atoms. The van der Waals surface area contributed by atoms with Crippen molar-refractivity contribution in [3.8, 4) is 0 Å². The van der Waals surface area contributed by atoms with Gasteiger partial charge in [-0.05, 0) is 63.4 Å². The van der Waals surface area contributed by atoms with Crippen molar-refractivity contribution in [1.29, 1.82) is 0 Å². The third-order valence-electron chi connectivity index (χ3n) is 4.33. The maximum absolute atomic E-state index is 3.41. The fourth-order valence-electron chi connectivity index (χ4n) is 2.92. The summed E-state index contributed by atoms with van der Waals surface area (Å²) in [5.41, 5.74) is 7.16. The summed E-state index contributed by atoms with van der Waals surface area (Å²) in [5.74, 6) is 0. The minimum Gasteiger partial charge on any atom is -0.347 e. The Labute approximate surface area is 116 Å². The van der Waals surface area contributed by atoms with Crippen LogP contribution < -0.4 is 5.32 Å². The number of aryl methyl sites for hydroxylation is 4. The highest BCUT2D eigenvalue weighted by atomic mass is 14.9. The monoisotopic (exact) mass is 258 g/mol. The first kappa shape index (κ1) is 14.1. The van der Waals surface area contributed by atoms with Gasteiger partial charge < -0.3 is 9.88 Å². The quantitative estimate of drug-likeness (QED) is 0.810. The number of rotatable bonds is 5. The van der Waals surface area contributed by atoms with Gasteiger partial charge in [0.2, 0.25) is 0 Å². The highest BCUT2D eigenvalue weighted by Crippen LogP contribution is 2.29. The molecule has 0 atom stereocenters. The average Bonchev–Trinajstić information content (AvgIpc) is 2.64. The van der Waals surface area contributed by atoms with Crippen LogP contribution in [0.2, 0.25) is 0 Å². The van der Waals surface area contributed by atoms with Gasteiger partial charge in [-0.2, -0.15) is 0 Å². The predicted octanol–water partition coefficient (Wildman–Crippen LogP) is 3.65. The standard InChI is InChI=1S/C17H26N2/c1-6-18-11-7-8-15-14(4)19(5)17-13(3)12(2)9-10-16(15)17/h9-10,18H,6-8,11H2,1-5H3. The first-order valence-corrected chi connectivity index (χ1v) is 7.32. The van der Waals surface area contributed by atoms with Crippen molar-refractivity contribution in [2.24, 2.45) is 7.05 Å². The minimum absolute atomic E-state index is 1.06. The molecule has 2 rings (SSSR count). The number of aromatic nitrogens is 1. The minimum atomic E-state index is 1.06. The van der Waals surface area contributed by atoms with E-state index >= 15 is 0 Å². The van der Waals surface area contributed by atoms with Crippen molar-refractivity contribution in [2.75, 3.05) is 13.1 Å². The molecule has 2 heteroatoms. The van der Waals surface area contributed by atoms with Crippen LogP contribution in [0.4, 0.5) is 0 Å². The van der Waals surface area contributed by atoms with Crippen LogP contribution in [0.3, 0.4) is 0 Å². The van der Waals surface area contributed by atoms with Crippen LogP contribution in [-0.2, 0) is 13.5 Å². The molecule has 0 fully saturated rings. The third-order valence-corrected chi connectivity index (χ3v) is 4.33. The van der Waals surface area contributed by atoms with Gasteiger partial charge >= 0.3 is 0 Å². The Morgan fingerprint density at radius 1 is 1.16 bits per heavy atom. The van der Waals surface area contributed by atoms with Crippen molar-refractivity contribution in [3.05, 3.63) is 34.5 Å². The van der Waals surface area contributed by atoms with E-state index in [9.17, 15) is 0 Å². The molecule has 104 valence electrons. The number of hydrogen-bond acceptors (Lipinski definition) is 1. The molecular weight excluding hydrogens is 232 g/mol. The first-order chi connectivity index (χ1) is 9.07. The first-order valence-electron chi connectivity index (χ1n) is 7.32. The number of nitrogens with zero attached hydrogens (tertiary/aromatic N) is 1. The molecule has 2 aromatic rings. The van der Waals surface area contributed by atoms with Gasteiger partial charge in [-0.25, -0.2) is 0 Å². The van der Waals surface area contributed by atoms with Gasteiger partial charge in [-0.1, -0.05) is 19.1 Å². The van der Waals surface area contributed by atoms with E-state index in [0.29, 0.717) is 0 Å². The lowest BCUT2D eigenvalue weighted by Crippen LogP contribution is -2.14. The van der Waals surface area contributed by atoms with Gasteiger partial charge in [-0.15, -0.1) is 0 Å². The zero-order chi connectivity index (χ0) is 14.0. The zero-order valence-electron chi connectivity index (χ0n) is 12.9. The van der Waals surface area contributed by atoms with E-state index in [1.165, 1.54) is 46.1 Å². The molecule has 0 aliphatic rings. The molecule has 1 aromatic heterocycles. The largest absolute Gasteiger partial charge is 0.347 e. The summed E-state index contributed by atoms with van der Waals surface area (Å²) < 4.78 is 2.36. The van der Waals surface area contributed by atoms with Gasteiger partial charge in [0, 0.05) is 18.1 Å². The summed E-state index contributed by atoms with van der Waals surface area (Å²) in [7, 11) is 2.19. The van der Waals surface area contributed by atoms with Crippen LogP contribution in [0, 0.1) is 20.8 Å².